The van der Waals surface area contributed by atoms with E-state index in [0.717, 1.165) is 29.0 Å². The van der Waals surface area contributed by atoms with E-state index in [-0.39, 0.29) is 17.8 Å². The molecule has 37 heavy (non-hydrogen) atoms. The summed E-state index contributed by atoms with van der Waals surface area (Å²) in [5, 5.41) is 21.3. The fraction of sp³-hybridized carbons (Fsp3) is 0.0690. The molecule has 4 rings (SSSR count). The van der Waals surface area contributed by atoms with Crippen LogP contribution in [0.3, 0.4) is 0 Å². The Kier molecular flexibility index (Phi) is 7.80. The fourth-order valence-electron chi connectivity index (χ4n) is 3.70. The Morgan fingerprint density at radius 2 is 1.19 bits per heavy atom. The van der Waals surface area contributed by atoms with E-state index in [4.69, 9.17) is 4.74 Å². The summed E-state index contributed by atoms with van der Waals surface area (Å²) in [6.45, 7) is 0.569. The van der Waals surface area contributed by atoms with Crippen molar-refractivity contribution >= 4 is 23.7 Å². The van der Waals surface area contributed by atoms with Gasteiger partial charge in [0.1, 0.15) is 11.5 Å². The molecule has 0 bridgehead atoms. The predicted octanol–water partition coefficient (Wildman–Crippen LogP) is 6.11. The van der Waals surface area contributed by atoms with E-state index >= 15 is 0 Å². The molecule has 0 atom stereocenters. The lowest BCUT2D eigenvalue weighted by Gasteiger charge is -2.24. The number of para-hydroxylation sites is 1. The van der Waals surface area contributed by atoms with Crippen LogP contribution < -0.4 is 10.1 Å². The first-order chi connectivity index (χ1) is 17.9. The number of carbonyl (C=O) groups is 3. The Labute approximate surface area is 213 Å². The molecular formula is C29H24N2O6. The minimum absolute atomic E-state index is 0.178. The van der Waals surface area contributed by atoms with Crippen molar-refractivity contribution < 1.29 is 29.3 Å². The highest BCUT2D eigenvalue weighted by Crippen LogP contribution is 2.23. The number of nitrogens with one attached hydrogen (secondary N) is 1. The van der Waals surface area contributed by atoms with Crippen LogP contribution in [-0.4, -0.2) is 33.1 Å². The highest BCUT2D eigenvalue weighted by atomic mass is 16.5. The number of urea groups is 1. The molecule has 2 amide bonds. The molecule has 8 nitrogen and oxygen atoms in total. The Morgan fingerprint density at radius 1 is 0.649 bits per heavy atom. The van der Waals surface area contributed by atoms with Crippen LogP contribution in [0.2, 0.25) is 0 Å². The van der Waals surface area contributed by atoms with Crippen LogP contribution in [0.15, 0.2) is 103 Å². The molecule has 0 aliphatic heterocycles. The van der Waals surface area contributed by atoms with Gasteiger partial charge in [-0.25, -0.2) is 14.4 Å². The first-order valence-corrected chi connectivity index (χ1v) is 11.4. The number of benzene rings is 4. The lowest BCUT2D eigenvalue weighted by atomic mass is 10.1. The Balaban J connectivity index is 1.53. The highest BCUT2D eigenvalue weighted by molar-refractivity contribution is 6.03. The van der Waals surface area contributed by atoms with Gasteiger partial charge < -0.3 is 25.2 Å². The largest absolute Gasteiger partial charge is 0.478 e. The molecule has 0 spiro atoms. The van der Waals surface area contributed by atoms with Crippen LogP contribution in [0.4, 0.5) is 10.5 Å². The lowest BCUT2D eigenvalue weighted by Crippen LogP contribution is -2.34. The number of carboxylic acid groups (broad SMARTS) is 2. The average Bonchev–Trinajstić information content (AvgIpc) is 2.90. The quantitative estimate of drug-likeness (QED) is 0.257. The minimum atomic E-state index is -1.40. The number of rotatable bonds is 9. The standard InChI is InChI=1S/C29H24N2O6/c32-27(33)25-16-13-22(17-26(25)28(34)35)30-29(36)31(18-20-7-3-1-4-8-20)19-21-11-14-24(15-12-21)37-23-9-5-2-6-10-23/h1-17H,18-19H2,(H,30,36)(H,32,33)(H,34,35). The van der Waals surface area contributed by atoms with E-state index in [1.165, 1.54) is 6.07 Å². The van der Waals surface area contributed by atoms with Crippen LogP contribution in [0.25, 0.3) is 0 Å². The fourth-order valence-corrected chi connectivity index (χ4v) is 3.70. The average molecular weight is 497 g/mol. The zero-order valence-corrected chi connectivity index (χ0v) is 19.7. The van der Waals surface area contributed by atoms with Crippen LogP contribution in [-0.2, 0) is 13.1 Å². The minimum Gasteiger partial charge on any atom is -0.478 e. The molecule has 0 aromatic heterocycles. The Bertz CT molecular complexity index is 1390. The molecule has 0 radical (unpaired) electrons. The number of hydrogen-bond donors (Lipinski definition) is 3. The molecule has 0 fully saturated rings. The topological polar surface area (TPSA) is 116 Å². The normalized spacial score (nSPS) is 10.4. The molecule has 186 valence electrons. The van der Waals surface area contributed by atoms with Crippen molar-refractivity contribution in [1.29, 1.82) is 0 Å². The van der Waals surface area contributed by atoms with Gasteiger partial charge in [0.15, 0.2) is 0 Å². The second kappa shape index (κ2) is 11.5. The molecule has 0 heterocycles. The van der Waals surface area contributed by atoms with Gasteiger partial charge in [0.25, 0.3) is 0 Å². The second-order valence-corrected chi connectivity index (χ2v) is 8.20. The molecule has 8 heteroatoms. The first kappa shape index (κ1) is 25.0. The van der Waals surface area contributed by atoms with Crippen molar-refractivity contribution in [3.8, 4) is 11.5 Å². The summed E-state index contributed by atoms with van der Waals surface area (Å²) in [5.41, 5.74) is 1.18. The molecule has 0 aliphatic carbocycles. The van der Waals surface area contributed by atoms with Crippen LogP contribution in [0, 0.1) is 0 Å². The van der Waals surface area contributed by atoms with Gasteiger partial charge in [0.2, 0.25) is 0 Å². The Morgan fingerprint density at radius 3 is 1.78 bits per heavy atom. The summed E-state index contributed by atoms with van der Waals surface area (Å²) in [7, 11) is 0. The van der Waals surface area contributed by atoms with Crippen molar-refractivity contribution in [1.82, 2.24) is 4.90 Å². The van der Waals surface area contributed by atoms with Crippen molar-refractivity contribution in [2.45, 2.75) is 13.1 Å². The van der Waals surface area contributed by atoms with E-state index < -0.39 is 23.5 Å². The number of hydrogen-bond acceptors (Lipinski definition) is 4. The molecule has 0 saturated heterocycles. The number of ether oxygens (including phenoxy) is 1. The highest BCUT2D eigenvalue weighted by Gasteiger charge is 2.19. The molecule has 0 saturated carbocycles. The summed E-state index contributed by atoms with van der Waals surface area (Å²) >= 11 is 0. The van der Waals surface area contributed by atoms with E-state index in [9.17, 15) is 24.6 Å². The zero-order valence-electron chi connectivity index (χ0n) is 19.7. The van der Waals surface area contributed by atoms with Crippen LogP contribution in [0.5, 0.6) is 11.5 Å². The van der Waals surface area contributed by atoms with Gasteiger partial charge in [-0.2, -0.15) is 0 Å². The van der Waals surface area contributed by atoms with Gasteiger partial charge in [0.05, 0.1) is 11.1 Å². The van der Waals surface area contributed by atoms with Gasteiger partial charge >= 0.3 is 18.0 Å². The monoisotopic (exact) mass is 496 g/mol. The third kappa shape index (κ3) is 6.73. The van der Waals surface area contributed by atoms with E-state index in [2.05, 4.69) is 5.32 Å². The Hall–Kier alpha value is -5.11. The number of nitrogens with zero attached hydrogens (tertiary/aromatic N) is 1. The maximum absolute atomic E-state index is 13.3. The maximum atomic E-state index is 13.3. The number of amides is 2. The molecule has 3 N–H and O–H groups in total. The summed E-state index contributed by atoms with van der Waals surface area (Å²) < 4.78 is 5.83. The third-order valence-corrected chi connectivity index (χ3v) is 5.51. The summed E-state index contributed by atoms with van der Waals surface area (Å²) in [4.78, 5) is 37.7. The van der Waals surface area contributed by atoms with Gasteiger partial charge in [0, 0.05) is 18.8 Å². The van der Waals surface area contributed by atoms with Gasteiger partial charge in [-0.15, -0.1) is 0 Å². The van der Waals surface area contributed by atoms with Crippen molar-refractivity contribution in [2.75, 3.05) is 5.32 Å². The van der Waals surface area contributed by atoms with E-state index in [1.54, 1.807) is 4.90 Å². The second-order valence-electron chi connectivity index (χ2n) is 8.20. The number of carbonyl (C=O) groups excluding carboxylic acids is 1. The third-order valence-electron chi connectivity index (χ3n) is 5.51. The number of aromatic carboxylic acids is 2. The van der Waals surface area contributed by atoms with E-state index in [1.807, 2.05) is 84.9 Å². The van der Waals surface area contributed by atoms with Crippen LogP contribution >= 0.6 is 0 Å². The summed E-state index contributed by atoms with van der Waals surface area (Å²) in [5.74, 6) is -1.38. The molecule has 4 aromatic rings. The predicted molar refractivity (Wildman–Crippen MR) is 138 cm³/mol. The summed E-state index contributed by atoms with van der Waals surface area (Å²) in [6, 6.07) is 29.4. The number of anilines is 1. The van der Waals surface area contributed by atoms with Crippen molar-refractivity contribution in [3.05, 3.63) is 125 Å². The zero-order chi connectivity index (χ0) is 26.2. The smallest absolute Gasteiger partial charge is 0.336 e. The number of carboxylic acids is 2. The molecule has 0 unspecified atom stereocenters. The SMILES string of the molecule is O=C(O)c1ccc(NC(=O)N(Cc2ccccc2)Cc2ccc(Oc3ccccc3)cc2)cc1C(=O)O. The van der Waals surface area contributed by atoms with E-state index in [0.29, 0.717) is 12.3 Å². The summed E-state index contributed by atoms with van der Waals surface area (Å²) in [6.07, 6.45) is 0. The molecule has 4 aromatic carbocycles. The molecule has 0 aliphatic rings. The maximum Gasteiger partial charge on any atom is 0.336 e. The first-order valence-electron chi connectivity index (χ1n) is 11.4. The van der Waals surface area contributed by atoms with Gasteiger partial charge in [-0.05, 0) is 53.6 Å². The van der Waals surface area contributed by atoms with Gasteiger partial charge in [-0.1, -0.05) is 60.7 Å². The molecular weight excluding hydrogens is 472 g/mol. The van der Waals surface area contributed by atoms with Crippen molar-refractivity contribution in [3.63, 3.8) is 0 Å². The van der Waals surface area contributed by atoms with Crippen LogP contribution in [0.1, 0.15) is 31.8 Å². The van der Waals surface area contributed by atoms with Crippen molar-refractivity contribution in [2.24, 2.45) is 0 Å². The van der Waals surface area contributed by atoms with Gasteiger partial charge in [-0.3, -0.25) is 0 Å². The lowest BCUT2D eigenvalue weighted by molar-refractivity contribution is 0.0651.